The minimum absolute atomic E-state index is 0.569. The summed E-state index contributed by atoms with van der Waals surface area (Å²) in [6.45, 7) is 1.91. The molecule has 0 heterocycles. The first-order valence-electron chi connectivity index (χ1n) is 2.90. The van der Waals surface area contributed by atoms with Gasteiger partial charge in [0.2, 0.25) is 0 Å². The predicted molar refractivity (Wildman–Crippen MR) is 40.2 cm³/mol. The Hall–Kier alpha value is -0.830. The molecule has 0 spiro atoms. The molecule has 1 N–H and O–H groups in total. The zero-order valence-corrected chi connectivity index (χ0v) is 6.44. The van der Waals surface area contributed by atoms with Crippen LogP contribution in [-0.4, -0.2) is 0 Å². The lowest BCUT2D eigenvalue weighted by molar-refractivity contribution is 0.599. The zero-order chi connectivity index (χ0) is 7.56. The van der Waals surface area contributed by atoms with E-state index in [0.29, 0.717) is 4.90 Å². The molecule has 1 aromatic rings. The van der Waals surface area contributed by atoms with Gasteiger partial charge in [-0.05, 0) is 6.92 Å². The molecule has 1 aromatic carbocycles. The van der Waals surface area contributed by atoms with E-state index in [9.17, 15) is 4.21 Å². The van der Waals surface area contributed by atoms with Gasteiger partial charge in [-0.2, -0.15) is 10.6 Å². The molecule has 0 aliphatic rings. The maximum atomic E-state index is 10.6. The number of benzene rings is 1. The van der Waals surface area contributed by atoms with Crippen molar-refractivity contribution in [1.82, 2.24) is 0 Å². The van der Waals surface area contributed by atoms with E-state index in [1.165, 1.54) is 0 Å². The Balaban J connectivity index is 3.19. The van der Waals surface area contributed by atoms with Gasteiger partial charge >= 0.3 is 0 Å². The molecule has 0 aliphatic heterocycles. The summed E-state index contributed by atoms with van der Waals surface area (Å²) in [7, 11) is -1.59. The molecule has 54 valence electrons. The maximum absolute atomic E-state index is 10.6. The average molecular weight is 154 g/mol. The van der Waals surface area contributed by atoms with Gasteiger partial charge in [-0.25, -0.2) is 0 Å². The van der Waals surface area contributed by atoms with Gasteiger partial charge in [0.1, 0.15) is 0 Å². The van der Waals surface area contributed by atoms with Crippen molar-refractivity contribution in [2.45, 2.75) is 11.8 Å². The lowest BCUT2D eigenvalue weighted by Gasteiger charge is -2.00. The molecule has 0 saturated carbocycles. The largest absolute Gasteiger partial charge is 0.440 e. The Kier molecular flexibility index (Phi) is 2.06. The molecule has 0 aliphatic carbocycles. The Morgan fingerprint density at radius 1 is 1.50 bits per heavy atom. The lowest BCUT2D eigenvalue weighted by Crippen LogP contribution is -1.77. The van der Waals surface area contributed by atoms with E-state index in [2.05, 4.69) is 0 Å². The second-order valence-electron chi connectivity index (χ2n) is 2.09. The summed E-state index contributed by atoms with van der Waals surface area (Å²) in [6, 6.07) is 7.16. The fourth-order valence-corrected chi connectivity index (χ4v) is 1.23. The highest BCUT2D eigenvalue weighted by Crippen LogP contribution is 2.04. The zero-order valence-electron chi connectivity index (χ0n) is 5.63. The highest BCUT2D eigenvalue weighted by atomic mass is 32.2. The smallest absolute Gasteiger partial charge is 0.0398 e. The average Bonchev–Trinajstić information content (AvgIpc) is 1.88. The van der Waals surface area contributed by atoms with Crippen LogP contribution in [0.25, 0.3) is 0 Å². The van der Waals surface area contributed by atoms with Crippen LogP contribution in [0, 0.1) is 11.7 Å². The summed E-state index contributed by atoms with van der Waals surface area (Å²) in [5.41, 5.74) is 1.04. The number of nitrogens with one attached hydrogen (secondary N) is 1. The lowest BCUT2D eigenvalue weighted by atomic mass is 10.2. The van der Waals surface area contributed by atoms with Gasteiger partial charge < -0.3 is 8.99 Å². The van der Waals surface area contributed by atoms with Crippen molar-refractivity contribution >= 4 is 10.6 Å². The highest BCUT2D eigenvalue weighted by Gasteiger charge is 1.81. The Labute approximate surface area is 61.9 Å². The standard InChI is InChI=1S/C7H8NOS/c1-6-3-2-4-7(5-6)10(8)9/h2-5,8H,1H3/q-1. The molecule has 1 rings (SSSR count). The van der Waals surface area contributed by atoms with Crippen LogP contribution < -0.4 is 0 Å². The van der Waals surface area contributed by atoms with Gasteiger partial charge in [-0.3, -0.25) is 0 Å². The van der Waals surface area contributed by atoms with Gasteiger partial charge in [-0.1, -0.05) is 34.7 Å². The molecule has 0 bridgehead atoms. The first-order chi connectivity index (χ1) is 4.70. The van der Waals surface area contributed by atoms with Crippen molar-refractivity contribution in [3.63, 3.8) is 0 Å². The maximum Gasteiger partial charge on any atom is -0.0398 e. The monoisotopic (exact) mass is 154 g/mol. The van der Waals surface area contributed by atoms with E-state index in [1.54, 1.807) is 18.2 Å². The third-order valence-electron chi connectivity index (χ3n) is 1.20. The number of rotatable bonds is 1. The summed E-state index contributed by atoms with van der Waals surface area (Å²) < 4.78 is 17.5. The summed E-state index contributed by atoms with van der Waals surface area (Å²) >= 11 is 0. The number of hydrogen-bond donors (Lipinski definition) is 1. The molecule has 0 saturated heterocycles. The van der Waals surface area contributed by atoms with Crippen LogP contribution in [0.5, 0.6) is 0 Å². The van der Waals surface area contributed by atoms with Crippen molar-refractivity contribution in [3.05, 3.63) is 29.8 Å². The third-order valence-corrected chi connectivity index (χ3v) is 1.89. The molecule has 0 aromatic heterocycles. The van der Waals surface area contributed by atoms with E-state index in [-0.39, 0.29) is 0 Å². The minimum atomic E-state index is -1.59. The Bertz CT molecular complexity index is 296. The molecule has 10 heavy (non-hydrogen) atoms. The quantitative estimate of drug-likeness (QED) is 0.618. The van der Waals surface area contributed by atoms with Gasteiger partial charge in [0, 0.05) is 0 Å². The van der Waals surface area contributed by atoms with Crippen LogP contribution in [0.4, 0.5) is 0 Å². The first kappa shape index (κ1) is 7.28. The molecule has 0 unspecified atom stereocenters. The molecular weight excluding hydrogens is 146 g/mol. The first-order valence-corrected chi connectivity index (χ1v) is 4.05. The van der Waals surface area contributed by atoms with Crippen molar-refractivity contribution in [2.24, 2.45) is 0 Å². The van der Waals surface area contributed by atoms with E-state index in [1.807, 2.05) is 13.0 Å². The molecule has 3 heteroatoms. The number of aryl methyl sites for hydroxylation is 1. The van der Waals surface area contributed by atoms with Crippen LogP contribution in [0.15, 0.2) is 29.2 Å². The van der Waals surface area contributed by atoms with E-state index in [4.69, 9.17) is 4.78 Å². The van der Waals surface area contributed by atoms with Crippen molar-refractivity contribution < 1.29 is 4.21 Å². The molecular formula is C7H8NOS-. The van der Waals surface area contributed by atoms with Crippen LogP contribution >= 0.6 is 0 Å². The van der Waals surface area contributed by atoms with Crippen LogP contribution in [-0.2, 0) is 14.8 Å². The van der Waals surface area contributed by atoms with E-state index < -0.39 is 10.6 Å². The SMILES string of the molecule is Cc1cccc([S-](=N)=O)c1. The molecule has 0 fully saturated rings. The summed E-state index contributed by atoms with van der Waals surface area (Å²) in [5.74, 6) is 0. The van der Waals surface area contributed by atoms with Gasteiger partial charge in [-0.15, -0.1) is 0 Å². The van der Waals surface area contributed by atoms with Crippen LogP contribution in [0.2, 0.25) is 0 Å². The van der Waals surface area contributed by atoms with Crippen molar-refractivity contribution in [2.75, 3.05) is 0 Å². The molecule has 0 atom stereocenters. The summed E-state index contributed by atoms with van der Waals surface area (Å²) in [5, 5.41) is 0. The molecule has 2 nitrogen and oxygen atoms in total. The predicted octanol–water partition coefficient (Wildman–Crippen LogP) is 2.08. The van der Waals surface area contributed by atoms with Gasteiger partial charge in [0.05, 0.1) is 0 Å². The van der Waals surface area contributed by atoms with Crippen LogP contribution in [0.3, 0.4) is 0 Å². The highest BCUT2D eigenvalue weighted by molar-refractivity contribution is 7.73. The fraction of sp³-hybridized carbons (Fsp3) is 0.143. The number of hydrogen-bond acceptors (Lipinski definition) is 3. The topological polar surface area (TPSA) is 40.9 Å². The molecule has 0 radical (unpaired) electrons. The van der Waals surface area contributed by atoms with Gasteiger partial charge in [0.15, 0.2) is 0 Å². The van der Waals surface area contributed by atoms with E-state index in [0.717, 1.165) is 5.56 Å². The summed E-state index contributed by atoms with van der Waals surface area (Å²) in [4.78, 5) is 0.569. The Morgan fingerprint density at radius 2 is 2.20 bits per heavy atom. The summed E-state index contributed by atoms with van der Waals surface area (Å²) in [6.07, 6.45) is 0. The van der Waals surface area contributed by atoms with Crippen LogP contribution in [0.1, 0.15) is 5.56 Å². The van der Waals surface area contributed by atoms with Crippen molar-refractivity contribution in [1.29, 1.82) is 4.78 Å². The van der Waals surface area contributed by atoms with E-state index >= 15 is 0 Å². The Morgan fingerprint density at radius 3 is 2.60 bits per heavy atom. The minimum Gasteiger partial charge on any atom is -0.440 e. The van der Waals surface area contributed by atoms with Crippen molar-refractivity contribution in [3.8, 4) is 0 Å². The fourth-order valence-electron chi connectivity index (χ4n) is 0.731. The second kappa shape index (κ2) is 2.84. The van der Waals surface area contributed by atoms with Gasteiger partial charge in [0.25, 0.3) is 0 Å². The molecule has 0 amide bonds. The second-order valence-corrected chi connectivity index (χ2v) is 3.09. The normalized spacial score (nSPS) is 10.2. The third kappa shape index (κ3) is 1.57.